The lowest BCUT2D eigenvalue weighted by molar-refractivity contribution is 0.416. The molecule has 0 aliphatic heterocycles. The van der Waals surface area contributed by atoms with E-state index in [2.05, 4.69) is 36.3 Å². The molecule has 0 radical (unpaired) electrons. The number of halogens is 2. The van der Waals surface area contributed by atoms with Crippen LogP contribution in [0.25, 0.3) is 0 Å². The summed E-state index contributed by atoms with van der Waals surface area (Å²) < 4.78 is 5.58. The Hall–Kier alpha value is -1.36. The molecule has 2 rings (SSSR count). The second-order valence-corrected chi connectivity index (χ2v) is 6.55. The van der Waals surface area contributed by atoms with Gasteiger partial charge in [-0.05, 0) is 45.0 Å². The van der Waals surface area contributed by atoms with Crippen molar-refractivity contribution in [1.82, 2.24) is 15.5 Å². The predicted molar refractivity (Wildman–Crippen MR) is 85.2 cm³/mol. The highest BCUT2D eigenvalue weighted by molar-refractivity contribution is 6.34. The molecule has 2 aromatic rings. The second-order valence-electron chi connectivity index (χ2n) is 5.67. The van der Waals surface area contributed by atoms with E-state index in [1.54, 1.807) is 24.3 Å². The van der Waals surface area contributed by atoms with Crippen molar-refractivity contribution < 1.29 is 4.74 Å². The Morgan fingerprint density at radius 3 is 2.24 bits per heavy atom. The van der Waals surface area contributed by atoms with Crippen LogP contribution in [0.15, 0.2) is 30.3 Å². The minimum Gasteiger partial charge on any atom is -0.437 e. The van der Waals surface area contributed by atoms with Crippen LogP contribution in [0.4, 0.5) is 0 Å². The lowest BCUT2D eigenvalue weighted by Crippen LogP contribution is -2.35. The Kier molecular flexibility index (Phi) is 5.04. The summed E-state index contributed by atoms with van der Waals surface area (Å²) in [7, 11) is 0. The summed E-state index contributed by atoms with van der Waals surface area (Å²) >= 11 is 11.8. The molecule has 0 atom stereocenters. The van der Waals surface area contributed by atoms with E-state index in [-0.39, 0.29) is 5.54 Å². The first-order valence-electron chi connectivity index (χ1n) is 6.53. The van der Waals surface area contributed by atoms with Gasteiger partial charge in [0, 0.05) is 28.2 Å². The molecule has 21 heavy (non-hydrogen) atoms. The molecule has 1 heterocycles. The van der Waals surface area contributed by atoms with Crippen molar-refractivity contribution in [3.63, 3.8) is 0 Å². The van der Waals surface area contributed by atoms with Gasteiger partial charge in [-0.1, -0.05) is 23.2 Å². The molecular formula is C15H17Cl2N3O. The molecule has 0 spiro atoms. The average Bonchev–Trinajstić information content (AvgIpc) is 2.36. The van der Waals surface area contributed by atoms with E-state index < -0.39 is 0 Å². The highest BCUT2D eigenvalue weighted by Gasteiger charge is 2.09. The molecule has 1 aromatic heterocycles. The maximum absolute atomic E-state index is 5.92. The van der Waals surface area contributed by atoms with Crippen LogP contribution in [0.2, 0.25) is 10.0 Å². The topological polar surface area (TPSA) is 47.0 Å². The molecular weight excluding hydrogens is 309 g/mol. The number of nitrogens with zero attached hydrogens (tertiary/aromatic N) is 2. The third-order valence-corrected chi connectivity index (χ3v) is 2.99. The predicted octanol–water partition coefficient (Wildman–Crippen LogP) is 4.46. The number of ether oxygens (including phenoxy) is 1. The number of hydrogen-bond donors (Lipinski definition) is 1. The van der Waals surface area contributed by atoms with Gasteiger partial charge in [0.25, 0.3) is 0 Å². The van der Waals surface area contributed by atoms with Crippen LogP contribution in [0.5, 0.6) is 11.6 Å². The van der Waals surface area contributed by atoms with E-state index >= 15 is 0 Å². The first kappa shape index (κ1) is 16.0. The van der Waals surface area contributed by atoms with Crippen LogP contribution in [-0.2, 0) is 6.54 Å². The van der Waals surface area contributed by atoms with Crippen molar-refractivity contribution in [3.8, 4) is 11.6 Å². The zero-order valence-corrected chi connectivity index (χ0v) is 13.7. The summed E-state index contributed by atoms with van der Waals surface area (Å²) in [4.78, 5) is 0. The molecule has 1 N–H and O–H groups in total. The van der Waals surface area contributed by atoms with Crippen LogP contribution < -0.4 is 10.1 Å². The maximum Gasteiger partial charge on any atom is 0.238 e. The quantitative estimate of drug-likeness (QED) is 0.901. The van der Waals surface area contributed by atoms with Crippen molar-refractivity contribution in [2.24, 2.45) is 0 Å². The van der Waals surface area contributed by atoms with Gasteiger partial charge in [-0.3, -0.25) is 0 Å². The maximum atomic E-state index is 5.92. The fourth-order valence-electron chi connectivity index (χ4n) is 1.56. The normalized spacial score (nSPS) is 11.5. The van der Waals surface area contributed by atoms with Gasteiger partial charge in [-0.2, -0.15) is 5.10 Å². The fourth-order valence-corrected chi connectivity index (χ4v) is 2.07. The highest BCUT2D eigenvalue weighted by atomic mass is 35.5. The Morgan fingerprint density at radius 1 is 1.05 bits per heavy atom. The van der Waals surface area contributed by atoms with Crippen LogP contribution in [0.3, 0.4) is 0 Å². The van der Waals surface area contributed by atoms with Gasteiger partial charge in [0.05, 0.1) is 5.69 Å². The first-order chi connectivity index (χ1) is 9.82. The van der Waals surface area contributed by atoms with Crippen molar-refractivity contribution in [1.29, 1.82) is 0 Å². The fraction of sp³-hybridized carbons (Fsp3) is 0.333. The van der Waals surface area contributed by atoms with Crippen LogP contribution >= 0.6 is 23.2 Å². The smallest absolute Gasteiger partial charge is 0.238 e. The first-order valence-corrected chi connectivity index (χ1v) is 7.29. The number of hydrogen-bond acceptors (Lipinski definition) is 4. The SMILES string of the molecule is CC(C)(C)NCc1ccc(Oc2cc(Cl)cc(Cl)c2)nn1. The van der Waals surface area contributed by atoms with Crippen molar-refractivity contribution in [3.05, 3.63) is 46.1 Å². The standard InChI is InChI=1S/C15H17Cl2N3O/c1-15(2,3)18-9-12-4-5-14(20-19-12)21-13-7-10(16)6-11(17)8-13/h4-8,18H,9H2,1-3H3. The molecule has 112 valence electrons. The van der Waals surface area contributed by atoms with Gasteiger partial charge in [-0.25, -0.2) is 0 Å². The Balaban J connectivity index is 2.02. The zero-order valence-electron chi connectivity index (χ0n) is 12.2. The third kappa shape index (κ3) is 5.50. The molecule has 0 unspecified atom stereocenters. The molecule has 0 fully saturated rings. The van der Waals surface area contributed by atoms with Gasteiger partial charge in [0.15, 0.2) is 0 Å². The minimum atomic E-state index is 0.0361. The lowest BCUT2D eigenvalue weighted by atomic mass is 10.1. The molecule has 0 bridgehead atoms. The second kappa shape index (κ2) is 6.60. The van der Waals surface area contributed by atoms with Gasteiger partial charge in [-0.15, -0.1) is 5.10 Å². The summed E-state index contributed by atoms with van der Waals surface area (Å²) in [6.07, 6.45) is 0. The zero-order chi connectivity index (χ0) is 15.5. The molecule has 0 saturated carbocycles. The van der Waals surface area contributed by atoms with Gasteiger partial charge in [0.1, 0.15) is 5.75 Å². The molecule has 6 heteroatoms. The molecule has 1 aromatic carbocycles. The van der Waals surface area contributed by atoms with E-state index in [1.165, 1.54) is 0 Å². The molecule has 0 amide bonds. The summed E-state index contributed by atoms with van der Waals surface area (Å²) in [6.45, 7) is 6.95. The van der Waals surface area contributed by atoms with Gasteiger partial charge in [0.2, 0.25) is 5.88 Å². The highest BCUT2D eigenvalue weighted by Crippen LogP contribution is 2.27. The van der Waals surface area contributed by atoms with Crippen molar-refractivity contribution >= 4 is 23.2 Å². The molecule has 0 aliphatic rings. The summed E-state index contributed by atoms with van der Waals surface area (Å²) in [5, 5.41) is 12.5. The Labute approximate surface area is 134 Å². The van der Waals surface area contributed by atoms with Crippen LogP contribution in [-0.4, -0.2) is 15.7 Å². The molecule has 4 nitrogen and oxygen atoms in total. The van der Waals surface area contributed by atoms with Crippen molar-refractivity contribution in [2.75, 3.05) is 0 Å². The van der Waals surface area contributed by atoms with Crippen LogP contribution in [0.1, 0.15) is 26.5 Å². The Bertz CT molecular complexity index is 589. The lowest BCUT2D eigenvalue weighted by Gasteiger charge is -2.19. The summed E-state index contributed by atoms with van der Waals surface area (Å²) in [6, 6.07) is 8.62. The van der Waals surface area contributed by atoms with E-state index in [9.17, 15) is 0 Å². The average molecular weight is 326 g/mol. The number of nitrogens with one attached hydrogen (secondary N) is 1. The van der Waals surface area contributed by atoms with E-state index in [4.69, 9.17) is 27.9 Å². The van der Waals surface area contributed by atoms with E-state index in [0.29, 0.717) is 28.2 Å². The van der Waals surface area contributed by atoms with Crippen LogP contribution in [0, 0.1) is 0 Å². The number of aromatic nitrogens is 2. The molecule has 0 saturated heterocycles. The largest absolute Gasteiger partial charge is 0.437 e. The van der Waals surface area contributed by atoms with Gasteiger partial charge >= 0.3 is 0 Å². The van der Waals surface area contributed by atoms with E-state index in [0.717, 1.165) is 5.69 Å². The Morgan fingerprint density at radius 2 is 1.71 bits per heavy atom. The number of rotatable bonds is 4. The summed E-state index contributed by atoms with van der Waals surface area (Å²) in [5.74, 6) is 0.926. The minimum absolute atomic E-state index is 0.0361. The third-order valence-electron chi connectivity index (χ3n) is 2.55. The monoisotopic (exact) mass is 325 g/mol. The summed E-state index contributed by atoms with van der Waals surface area (Å²) in [5.41, 5.74) is 0.885. The molecule has 0 aliphatic carbocycles. The van der Waals surface area contributed by atoms with E-state index in [1.807, 2.05) is 6.07 Å². The van der Waals surface area contributed by atoms with Crippen molar-refractivity contribution in [2.45, 2.75) is 32.9 Å². The van der Waals surface area contributed by atoms with Gasteiger partial charge < -0.3 is 10.1 Å². The number of benzene rings is 1.